The molecule has 0 radical (unpaired) electrons. The second-order valence-corrected chi connectivity index (χ2v) is 3.47. The molecule has 0 fully saturated rings. The van der Waals surface area contributed by atoms with Gasteiger partial charge in [0.25, 0.3) is 0 Å². The van der Waals surface area contributed by atoms with E-state index in [0.717, 1.165) is 0 Å². The van der Waals surface area contributed by atoms with E-state index >= 15 is 0 Å². The lowest BCUT2D eigenvalue weighted by Crippen LogP contribution is -2.23. The molecule has 0 heteroatoms. The zero-order chi connectivity index (χ0) is 7.61. The van der Waals surface area contributed by atoms with Gasteiger partial charge in [-0.1, -0.05) is 32.1 Å². The van der Waals surface area contributed by atoms with Gasteiger partial charge in [0, 0.05) is 0 Å². The lowest BCUT2D eigenvalue weighted by molar-refractivity contribution is 0.293. The summed E-state index contributed by atoms with van der Waals surface area (Å²) >= 11 is 0. The van der Waals surface area contributed by atoms with Gasteiger partial charge in [-0.3, -0.25) is 0 Å². The van der Waals surface area contributed by atoms with Gasteiger partial charge in [-0.2, -0.15) is 0 Å². The maximum atomic E-state index is 3.87. The summed E-state index contributed by atoms with van der Waals surface area (Å²) in [5.74, 6) is 0.666. The summed E-state index contributed by atoms with van der Waals surface area (Å²) < 4.78 is 0. The van der Waals surface area contributed by atoms with Gasteiger partial charge in [-0.15, -0.1) is 6.58 Å². The van der Waals surface area contributed by atoms with Crippen molar-refractivity contribution in [2.45, 2.75) is 26.7 Å². The highest BCUT2D eigenvalue weighted by Gasteiger charge is 2.27. The molecule has 0 spiro atoms. The van der Waals surface area contributed by atoms with Crippen molar-refractivity contribution in [2.75, 3.05) is 0 Å². The lowest BCUT2D eigenvalue weighted by atomic mass is 9.72. The van der Waals surface area contributed by atoms with Crippen LogP contribution in [0.3, 0.4) is 0 Å². The van der Waals surface area contributed by atoms with Crippen LogP contribution in [0.5, 0.6) is 0 Å². The Balaban J connectivity index is 2.77. The first-order valence-electron chi connectivity index (χ1n) is 3.99. The number of rotatable bonds is 1. The average molecular weight is 136 g/mol. The minimum absolute atomic E-state index is 0.356. The van der Waals surface area contributed by atoms with E-state index in [1.54, 1.807) is 0 Å². The molecule has 0 aromatic heterocycles. The molecule has 2 unspecified atom stereocenters. The number of hydrogen-bond acceptors (Lipinski definition) is 0. The second-order valence-electron chi connectivity index (χ2n) is 3.47. The molecule has 1 aliphatic carbocycles. The Morgan fingerprint density at radius 2 is 2.40 bits per heavy atom. The zero-order valence-electron chi connectivity index (χ0n) is 6.93. The van der Waals surface area contributed by atoms with Gasteiger partial charge in [-0.25, -0.2) is 0 Å². The molecule has 0 aromatic carbocycles. The molecule has 10 heavy (non-hydrogen) atoms. The Labute approximate surface area is 63.6 Å². The van der Waals surface area contributed by atoms with Crippen molar-refractivity contribution < 1.29 is 0 Å². The van der Waals surface area contributed by atoms with Gasteiger partial charge in [0.15, 0.2) is 0 Å². The van der Waals surface area contributed by atoms with Crippen LogP contribution >= 0.6 is 0 Å². The lowest BCUT2D eigenvalue weighted by Gasteiger charge is -2.33. The standard InChI is InChI=1S/C10H16/c1-4-10(3)8-6-5-7-9(10)2/h4-5,7,9H,1,6,8H2,2-3H3. The topological polar surface area (TPSA) is 0 Å². The molecule has 0 saturated heterocycles. The molecule has 0 amide bonds. The second kappa shape index (κ2) is 2.61. The summed E-state index contributed by atoms with van der Waals surface area (Å²) in [6.07, 6.45) is 9.14. The summed E-state index contributed by atoms with van der Waals surface area (Å²) in [7, 11) is 0. The minimum atomic E-state index is 0.356. The summed E-state index contributed by atoms with van der Waals surface area (Å²) in [5, 5.41) is 0. The van der Waals surface area contributed by atoms with Crippen LogP contribution in [0, 0.1) is 11.3 Å². The van der Waals surface area contributed by atoms with E-state index in [9.17, 15) is 0 Å². The maximum Gasteiger partial charge on any atom is -0.00862 e. The van der Waals surface area contributed by atoms with Crippen molar-refractivity contribution in [1.29, 1.82) is 0 Å². The Bertz CT molecular complexity index is 155. The highest BCUT2D eigenvalue weighted by Crippen LogP contribution is 2.37. The molecule has 0 nitrogen and oxygen atoms in total. The highest BCUT2D eigenvalue weighted by atomic mass is 14.3. The third-order valence-electron chi connectivity index (χ3n) is 2.78. The van der Waals surface area contributed by atoms with Crippen molar-refractivity contribution in [3.63, 3.8) is 0 Å². The molecule has 1 rings (SSSR count). The average Bonchev–Trinajstić information content (AvgIpc) is 1.96. The molecule has 1 aliphatic rings. The number of allylic oxidation sites excluding steroid dienone is 3. The Morgan fingerprint density at radius 3 is 2.80 bits per heavy atom. The minimum Gasteiger partial charge on any atom is -0.103 e. The van der Waals surface area contributed by atoms with Gasteiger partial charge < -0.3 is 0 Å². The Kier molecular flexibility index (Phi) is 1.98. The predicted molar refractivity (Wildman–Crippen MR) is 45.8 cm³/mol. The van der Waals surface area contributed by atoms with Gasteiger partial charge in [0.1, 0.15) is 0 Å². The summed E-state index contributed by atoms with van der Waals surface area (Å²) in [6, 6.07) is 0. The smallest absolute Gasteiger partial charge is 0.00862 e. The third-order valence-corrected chi connectivity index (χ3v) is 2.78. The molecule has 2 atom stereocenters. The van der Waals surface area contributed by atoms with Crippen LogP contribution in [0.4, 0.5) is 0 Å². The first-order valence-corrected chi connectivity index (χ1v) is 3.99. The van der Waals surface area contributed by atoms with Crippen molar-refractivity contribution in [3.8, 4) is 0 Å². The van der Waals surface area contributed by atoms with E-state index < -0.39 is 0 Å². The fourth-order valence-corrected chi connectivity index (χ4v) is 1.43. The predicted octanol–water partition coefficient (Wildman–Crippen LogP) is 3.16. The monoisotopic (exact) mass is 136 g/mol. The van der Waals surface area contributed by atoms with Gasteiger partial charge in [0.05, 0.1) is 0 Å². The van der Waals surface area contributed by atoms with Crippen LogP contribution in [0.15, 0.2) is 24.8 Å². The van der Waals surface area contributed by atoms with E-state index in [1.807, 2.05) is 0 Å². The third kappa shape index (κ3) is 1.16. The highest BCUT2D eigenvalue weighted by molar-refractivity contribution is 5.07. The molecule has 0 saturated carbocycles. The molecule has 0 heterocycles. The molecule has 0 bridgehead atoms. The van der Waals surface area contributed by atoms with E-state index in [2.05, 4.69) is 38.7 Å². The summed E-state index contributed by atoms with van der Waals surface area (Å²) in [4.78, 5) is 0. The fraction of sp³-hybridized carbons (Fsp3) is 0.600. The Hall–Kier alpha value is -0.520. The Morgan fingerprint density at radius 1 is 1.70 bits per heavy atom. The molecule has 0 N–H and O–H groups in total. The molecular formula is C10H16. The first-order chi connectivity index (χ1) is 4.69. The SMILES string of the molecule is C=CC1(C)CCC=CC1C. The largest absolute Gasteiger partial charge is 0.103 e. The van der Waals surface area contributed by atoms with Crippen molar-refractivity contribution >= 4 is 0 Å². The van der Waals surface area contributed by atoms with Crippen LogP contribution in [-0.2, 0) is 0 Å². The van der Waals surface area contributed by atoms with Crippen molar-refractivity contribution in [1.82, 2.24) is 0 Å². The number of hydrogen-bond donors (Lipinski definition) is 0. The van der Waals surface area contributed by atoms with Crippen LogP contribution in [0.1, 0.15) is 26.7 Å². The van der Waals surface area contributed by atoms with Crippen LogP contribution in [0.2, 0.25) is 0 Å². The first kappa shape index (κ1) is 7.59. The zero-order valence-corrected chi connectivity index (χ0v) is 6.93. The van der Waals surface area contributed by atoms with Gasteiger partial charge in [0.2, 0.25) is 0 Å². The van der Waals surface area contributed by atoms with E-state index in [1.165, 1.54) is 12.8 Å². The molecular weight excluding hydrogens is 120 g/mol. The fourth-order valence-electron chi connectivity index (χ4n) is 1.43. The molecule has 56 valence electrons. The van der Waals surface area contributed by atoms with Gasteiger partial charge in [-0.05, 0) is 24.2 Å². The molecule has 0 aliphatic heterocycles. The van der Waals surface area contributed by atoms with Crippen LogP contribution in [-0.4, -0.2) is 0 Å². The summed E-state index contributed by atoms with van der Waals surface area (Å²) in [5.41, 5.74) is 0.356. The maximum absolute atomic E-state index is 3.87. The van der Waals surface area contributed by atoms with Crippen LogP contribution < -0.4 is 0 Å². The van der Waals surface area contributed by atoms with Crippen molar-refractivity contribution in [2.24, 2.45) is 11.3 Å². The van der Waals surface area contributed by atoms with Gasteiger partial charge >= 0.3 is 0 Å². The van der Waals surface area contributed by atoms with E-state index in [0.29, 0.717) is 11.3 Å². The normalized spacial score (nSPS) is 39.6. The van der Waals surface area contributed by atoms with Crippen LogP contribution in [0.25, 0.3) is 0 Å². The molecule has 0 aromatic rings. The van der Waals surface area contributed by atoms with E-state index in [-0.39, 0.29) is 0 Å². The van der Waals surface area contributed by atoms with Crippen molar-refractivity contribution in [3.05, 3.63) is 24.8 Å². The van der Waals surface area contributed by atoms with E-state index in [4.69, 9.17) is 0 Å². The summed E-state index contributed by atoms with van der Waals surface area (Å²) in [6.45, 7) is 8.42. The quantitative estimate of drug-likeness (QED) is 0.486.